The van der Waals surface area contributed by atoms with Crippen molar-refractivity contribution in [1.29, 1.82) is 0 Å². The molecule has 0 radical (unpaired) electrons. The molecule has 3 rings (SSSR count). The van der Waals surface area contributed by atoms with Crippen LogP contribution in [0, 0.1) is 11.7 Å². The highest BCUT2D eigenvalue weighted by Crippen LogP contribution is 2.48. The van der Waals surface area contributed by atoms with Gasteiger partial charge in [0.25, 0.3) is 5.91 Å². The second-order valence-electron chi connectivity index (χ2n) is 6.54. The van der Waals surface area contributed by atoms with Crippen LogP contribution in [0.4, 0.5) is 17.6 Å². The molecule has 0 heterocycles. The molecule has 1 aliphatic carbocycles. The zero-order chi connectivity index (χ0) is 21.0. The highest BCUT2D eigenvalue weighted by molar-refractivity contribution is 5.83. The zero-order valence-electron chi connectivity index (χ0n) is 15.0. The summed E-state index contributed by atoms with van der Waals surface area (Å²) in [5, 5.41) is 2.38. The van der Waals surface area contributed by atoms with E-state index in [1.54, 1.807) is 12.1 Å². The van der Waals surface area contributed by atoms with Gasteiger partial charge in [-0.25, -0.2) is 4.39 Å². The van der Waals surface area contributed by atoms with Crippen LogP contribution in [-0.4, -0.2) is 24.8 Å². The first-order chi connectivity index (χ1) is 13.7. The lowest BCUT2D eigenvalue weighted by Gasteiger charge is -2.13. The average Bonchev–Trinajstić information content (AvgIpc) is 3.45. The van der Waals surface area contributed by atoms with E-state index in [1.165, 1.54) is 30.3 Å². The largest absolute Gasteiger partial charge is 0.573 e. The third-order valence-electron chi connectivity index (χ3n) is 4.41. The van der Waals surface area contributed by atoms with Crippen LogP contribution in [0.3, 0.4) is 0 Å². The second-order valence-corrected chi connectivity index (χ2v) is 6.54. The van der Waals surface area contributed by atoms with Gasteiger partial charge in [0, 0.05) is 12.1 Å². The molecule has 5 nitrogen and oxygen atoms in total. The van der Waals surface area contributed by atoms with Crippen molar-refractivity contribution in [3.05, 3.63) is 65.5 Å². The molecule has 0 saturated heterocycles. The minimum Gasteiger partial charge on any atom is -0.455 e. The van der Waals surface area contributed by atoms with E-state index in [0.717, 1.165) is 11.6 Å². The van der Waals surface area contributed by atoms with Crippen LogP contribution >= 0.6 is 0 Å². The monoisotopic (exact) mass is 411 g/mol. The van der Waals surface area contributed by atoms with Crippen molar-refractivity contribution in [2.24, 2.45) is 5.92 Å². The van der Waals surface area contributed by atoms with E-state index in [2.05, 4.69) is 10.1 Å². The third kappa shape index (κ3) is 5.94. The lowest BCUT2D eigenvalue weighted by molar-refractivity contribution is -0.274. The quantitative estimate of drug-likeness (QED) is 0.558. The molecule has 29 heavy (non-hydrogen) atoms. The summed E-state index contributed by atoms with van der Waals surface area (Å²) in [5.74, 6) is -2.45. The van der Waals surface area contributed by atoms with E-state index < -0.39 is 36.5 Å². The Labute approximate surface area is 163 Å². The summed E-state index contributed by atoms with van der Waals surface area (Å²) >= 11 is 0. The Balaban J connectivity index is 1.44. The molecule has 2 atom stereocenters. The van der Waals surface area contributed by atoms with E-state index in [9.17, 15) is 27.2 Å². The Morgan fingerprint density at radius 2 is 1.76 bits per heavy atom. The van der Waals surface area contributed by atoms with Crippen molar-refractivity contribution >= 4 is 11.9 Å². The Bertz CT molecular complexity index is 883. The predicted molar refractivity (Wildman–Crippen MR) is 93.2 cm³/mol. The maximum atomic E-state index is 12.9. The van der Waals surface area contributed by atoms with E-state index in [0.29, 0.717) is 6.42 Å². The van der Waals surface area contributed by atoms with Crippen LogP contribution in [0.5, 0.6) is 5.75 Å². The van der Waals surface area contributed by atoms with Crippen molar-refractivity contribution < 1.29 is 36.6 Å². The molecule has 154 valence electrons. The fourth-order valence-corrected chi connectivity index (χ4v) is 2.90. The average molecular weight is 411 g/mol. The van der Waals surface area contributed by atoms with Crippen LogP contribution < -0.4 is 10.1 Å². The molecule has 2 aromatic carbocycles. The van der Waals surface area contributed by atoms with Gasteiger partial charge in [-0.15, -0.1) is 13.2 Å². The van der Waals surface area contributed by atoms with Gasteiger partial charge in [-0.2, -0.15) is 0 Å². The van der Waals surface area contributed by atoms with E-state index in [4.69, 9.17) is 4.74 Å². The van der Waals surface area contributed by atoms with Crippen LogP contribution in [-0.2, 0) is 20.9 Å². The topological polar surface area (TPSA) is 64.6 Å². The number of carbonyl (C=O) groups is 2. The van der Waals surface area contributed by atoms with Crippen molar-refractivity contribution in [2.45, 2.75) is 25.2 Å². The molecule has 0 aromatic heterocycles. The number of hydrogen-bond donors (Lipinski definition) is 1. The van der Waals surface area contributed by atoms with Crippen molar-refractivity contribution in [3.63, 3.8) is 0 Å². The molecule has 2 unspecified atom stereocenters. The van der Waals surface area contributed by atoms with Gasteiger partial charge in [0.15, 0.2) is 6.61 Å². The Hall–Kier alpha value is -3.10. The van der Waals surface area contributed by atoms with Crippen molar-refractivity contribution in [1.82, 2.24) is 5.32 Å². The molecule has 1 aliphatic rings. The lowest BCUT2D eigenvalue weighted by Crippen LogP contribution is -2.29. The van der Waals surface area contributed by atoms with Crippen LogP contribution in [0.1, 0.15) is 23.5 Å². The van der Waals surface area contributed by atoms with Gasteiger partial charge in [0.2, 0.25) is 0 Å². The van der Waals surface area contributed by atoms with Gasteiger partial charge >= 0.3 is 12.3 Å². The Morgan fingerprint density at radius 3 is 2.45 bits per heavy atom. The third-order valence-corrected chi connectivity index (χ3v) is 4.41. The van der Waals surface area contributed by atoms with Crippen LogP contribution in [0.25, 0.3) is 0 Å². The molecule has 0 spiro atoms. The minimum absolute atomic E-state index is 0.0717. The summed E-state index contributed by atoms with van der Waals surface area (Å²) in [5.41, 5.74) is 0.946. The van der Waals surface area contributed by atoms with Crippen molar-refractivity contribution in [3.8, 4) is 5.75 Å². The smallest absolute Gasteiger partial charge is 0.455 e. The van der Waals surface area contributed by atoms with Gasteiger partial charge in [0.1, 0.15) is 11.6 Å². The molecular weight excluding hydrogens is 394 g/mol. The van der Waals surface area contributed by atoms with E-state index in [-0.39, 0.29) is 23.8 Å². The molecule has 1 N–H and O–H groups in total. The SMILES string of the molecule is O=C(COC(=O)C1CC1c1ccc(F)cc1)NCc1ccccc1OC(F)(F)F. The van der Waals surface area contributed by atoms with Gasteiger partial charge in [-0.05, 0) is 36.1 Å². The number of benzene rings is 2. The number of ether oxygens (including phenoxy) is 2. The molecule has 1 fully saturated rings. The summed E-state index contributed by atoms with van der Waals surface area (Å²) in [4.78, 5) is 23.9. The minimum atomic E-state index is -4.85. The molecular formula is C20H17F4NO4. The summed E-state index contributed by atoms with van der Waals surface area (Å²) in [6, 6.07) is 11.2. The van der Waals surface area contributed by atoms with E-state index >= 15 is 0 Å². The molecule has 1 saturated carbocycles. The molecule has 0 aliphatic heterocycles. The molecule has 2 aromatic rings. The summed E-state index contributed by atoms with van der Waals surface area (Å²) in [6.07, 6.45) is -4.30. The highest BCUT2D eigenvalue weighted by Gasteiger charge is 2.45. The summed E-state index contributed by atoms with van der Waals surface area (Å²) < 4.78 is 59.0. The predicted octanol–water partition coefficient (Wildman–Crippen LogP) is 3.69. The number of para-hydroxylation sites is 1. The fourth-order valence-electron chi connectivity index (χ4n) is 2.90. The number of hydrogen-bond acceptors (Lipinski definition) is 4. The molecule has 1 amide bonds. The van der Waals surface area contributed by atoms with Crippen LogP contribution in [0.15, 0.2) is 48.5 Å². The van der Waals surface area contributed by atoms with E-state index in [1.807, 2.05) is 0 Å². The number of amides is 1. The summed E-state index contributed by atoms with van der Waals surface area (Å²) in [6.45, 7) is -0.766. The first kappa shape index (κ1) is 20.6. The number of rotatable bonds is 7. The first-order valence-electron chi connectivity index (χ1n) is 8.75. The fraction of sp³-hybridized carbons (Fsp3) is 0.300. The van der Waals surface area contributed by atoms with Crippen LogP contribution in [0.2, 0.25) is 0 Å². The maximum Gasteiger partial charge on any atom is 0.573 e. The summed E-state index contributed by atoms with van der Waals surface area (Å²) in [7, 11) is 0. The van der Waals surface area contributed by atoms with Gasteiger partial charge in [0.05, 0.1) is 5.92 Å². The first-order valence-corrected chi connectivity index (χ1v) is 8.75. The Kier molecular flexibility index (Phi) is 6.05. The normalized spacial score (nSPS) is 18.1. The van der Waals surface area contributed by atoms with Gasteiger partial charge in [-0.1, -0.05) is 30.3 Å². The number of halogens is 4. The number of esters is 1. The Morgan fingerprint density at radius 1 is 1.07 bits per heavy atom. The number of alkyl halides is 3. The second kappa shape index (κ2) is 8.50. The standard InChI is InChI=1S/C20H17F4NO4/c21-14-7-5-12(6-8-14)15-9-16(15)19(27)28-11-18(26)25-10-13-3-1-2-4-17(13)29-20(22,23)24/h1-8,15-16H,9-11H2,(H,25,26). The number of carbonyl (C=O) groups excluding carboxylic acids is 2. The molecule has 0 bridgehead atoms. The van der Waals surface area contributed by atoms with Crippen molar-refractivity contribution in [2.75, 3.05) is 6.61 Å². The highest BCUT2D eigenvalue weighted by atomic mass is 19.4. The van der Waals surface area contributed by atoms with Gasteiger partial charge in [-0.3, -0.25) is 9.59 Å². The van der Waals surface area contributed by atoms with Gasteiger partial charge < -0.3 is 14.8 Å². The maximum absolute atomic E-state index is 12.9. The molecule has 9 heteroatoms. The zero-order valence-corrected chi connectivity index (χ0v) is 15.0. The number of nitrogens with one attached hydrogen (secondary N) is 1. The lowest BCUT2D eigenvalue weighted by atomic mass is 10.1.